The Morgan fingerprint density at radius 1 is 1.30 bits per heavy atom. The summed E-state index contributed by atoms with van der Waals surface area (Å²) in [6, 6.07) is 6.49. The van der Waals surface area contributed by atoms with Gasteiger partial charge < -0.3 is 24.2 Å². The van der Waals surface area contributed by atoms with E-state index >= 15 is 4.39 Å². The van der Waals surface area contributed by atoms with Crippen molar-refractivity contribution >= 4 is 25.4 Å². The zero-order chi connectivity index (χ0) is 27.6. The first-order chi connectivity index (χ1) is 17.2. The van der Waals surface area contributed by atoms with Gasteiger partial charge in [0.15, 0.2) is 12.0 Å². The van der Waals surface area contributed by atoms with E-state index in [2.05, 4.69) is 5.09 Å². The molecule has 204 valence electrons. The third-order valence-electron chi connectivity index (χ3n) is 5.51. The van der Waals surface area contributed by atoms with Crippen molar-refractivity contribution in [1.29, 1.82) is 0 Å². The van der Waals surface area contributed by atoms with Gasteiger partial charge in [0.2, 0.25) is 5.91 Å². The fourth-order valence-corrected chi connectivity index (χ4v) is 5.16. The first kappa shape index (κ1) is 28.9. The van der Waals surface area contributed by atoms with Crippen molar-refractivity contribution in [3.05, 3.63) is 42.6 Å². The predicted octanol–water partition coefficient (Wildman–Crippen LogP) is 1.57. The number of aliphatic hydroxyl groups excluding tert-OH is 1. The van der Waals surface area contributed by atoms with E-state index in [9.17, 15) is 29.2 Å². The molecule has 3 N–H and O–H groups in total. The number of carbonyl (C=O) groups excluding carboxylic acids is 3. The summed E-state index contributed by atoms with van der Waals surface area (Å²) >= 11 is 0. The number of hydrogen-bond donors (Lipinski definition) is 3. The fourth-order valence-electron chi connectivity index (χ4n) is 3.65. The molecular weight excluding hydrogens is 514 g/mol. The van der Waals surface area contributed by atoms with Gasteiger partial charge in [-0.25, -0.2) is 8.96 Å². The topological polar surface area (TPSA) is 161 Å². The molecule has 0 radical (unpaired) electrons. The molecule has 1 aromatic rings. The Bertz CT molecular complexity index is 1100. The molecule has 2 aliphatic rings. The number of aliphatic hydroxyl groups is 2. The largest absolute Gasteiger partial charge is 0.462 e. The summed E-state index contributed by atoms with van der Waals surface area (Å²) in [7, 11) is -4.53. The number of amides is 1. The number of hydrogen-bond acceptors (Lipinski definition) is 10. The molecular formula is C23H30FN2O10P. The van der Waals surface area contributed by atoms with E-state index in [1.54, 1.807) is 32.0 Å². The van der Waals surface area contributed by atoms with Crippen molar-refractivity contribution in [3.63, 3.8) is 0 Å². The number of rotatable bonds is 10. The zero-order valence-corrected chi connectivity index (χ0v) is 21.6. The van der Waals surface area contributed by atoms with Crippen molar-refractivity contribution < 1.29 is 52.1 Å². The Balaban J connectivity index is 1.82. The highest BCUT2D eigenvalue weighted by Crippen LogP contribution is 2.49. The molecule has 0 bridgehead atoms. The Labute approximate surface area is 212 Å². The molecule has 2 aliphatic heterocycles. The minimum atomic E-state index is -4.53. The highest BCUT2D eigenvalue weighted by Gasteiger charge is 2.65. The fraction of sp³-hybridized carbons (Fsp3) is 0.522. The molecule has 6 atom stereocenters. The van der Waals surface area contributed by atoms with Crippen LogP contribution in [-0.4, -0.2) is 75.3 Å². The van der Waals surface area contributed by atoms with Crippen LogP contribution < -0.4 is 9.61 Å². The van der Waals surface area contributed by atoms with E-state index in [-0.39, 0.29) is 5.75 Å². The van der Waals surface area contributed by atoms with Crippen molar-refractivity contribution in [1.82, 2.24) is 9.99 Å². The van der Waals surface area contributed by atoms with Crippen LogP contribution in [0, 0.1) is 0 Å². The summed E-state index contributed by atoms with van der Waals surface area (Å²) < 4.78 is 50.4. The van der Waals surface area contributed by atoms with Crippen LogP contribution in [0.25, 0.3) is 0 Å². The van der Waals surface area contributed by atoms with Crippen LogP contribution in [0.2, 0.25) is 0 Å². The molecule has 0 saturated carbocycles. The monoisotopic (exact) mass is 544 g/mol. The molecule has 1 aromatic carbocycles. The molecule has 1 fully saturated rings. The number of ketones is 1. The molecule has 12 nitrogen and oxygen atoms in total. The Kier molecular flexibility index (Phi) is 8.57. The summed E-state index contributed by atoms with van der Waals surface area (Å²) in [6.45, 7) is 4.36. The van der Waals surface area contributed by atoms with Crippen LogP contribution in [0.4, 0.5) is 4.39 Å². The number of para-hydroxylation sites is 1. The van der Waals surface area contributed by atoms with Crippen molar-refractivity contribution in [2.24, 2.45) is 0 Å². The van der Waals surface area contributed by atoms with Gasteiger partial charge in [-0.05, 0) is 45.9 Å². The van der Waals surface area contributed by atoms with E-state index in [1.807, 2.05) is 0 Å². The van der Waals surface area contributed by atoms with Crippen molar-refractivity contribution in [2.45, 2.75) is 70.0 Å². The quantitative estimate of drug-likeness (QED) is 0.223. The van der Waals surface area contributed by atoms with Gasteiger partial charge in [-0.1, -0.05) is 18.2 Å². The van der Waals surface area contributed by atoms with Crippen LogP contribution in [0.5, 0.6) is 5.75 Å². The summed E-state index contributed by atoms with van der Waals surface area (Å²) in [6.07, 6.45) is -2.96. The number of alkyl halides is 1. The third-order valence-corrected chi connectivity index (χ3v) is 7.14. The van der Waals surface area contributed by atoms with Crippen LogP contribution in [-0.2, 0) is 32.9 Å². The molecule has 0 spiro atoms. The lowest BCUT2D eigenvalue weighted by molar-refractivity contribution is -0.210. The minimum Gasteiger partial charge on any atom is -0.462 e. The number of ether oxygens (including phenoxy) is 2. The lowest BCUT2D eigenvalue weighted by Gasteiger charge is -2.34. The van der Waals surface area contributed by atoms with Crippen molar-refractivity contribution in [2.75, 3.05) is 6.61 Å². The minimum absolute atomic E-state index is 0.0575. The maximum Gasteiger partial charge on any atom is 0.459 e. The number of benzene rings is 1. The predicted molar refractivity (Wildman–Crippen MR) is 125 cm³/mol. The van der Waals surface area contributed by atoms with Gasteiger partial charge in [-0.2, -0.15) is 5.09 Å². The molecule has 1 saturated heterocycles. The van der Waals surface area contributed by atoms with E-state index in [0.717, 1.165) is 24.1 Å². The Morgan fingerprint density at radius 2 is 1.95 bits per heavy atom. The van der Waals surface area contributed by atoms with E-state index < -0.39 is 74.4 Å². The number of esters is 1. The second-order valence-electron chi connectivity index (χ2n) is 9.16. The molecule has 2 heterocycles. The SMILES string of the molecule is CC(C)OC(=O)[C@H](C)N[P@@](=O)(OC[C@@]1(F)O[C@@H](N2C=CC(=O)CC2=O)[C@](C)(O)[C@@H]1O)Oc1ccccc1. The highest BCUT2D eigenvalue weighted by molar-refractivity contribution is 7.52. The van der Waals surface area contributed by atoms with Gasteiger partial charge in [-0.3, -0.25) is 23.8 Å². The summed E-state index contributed by atoms with van der Waals surface area (Å²) in [5, 5.41) is 23.8. The molecule has 3 rings (SSSR count). The van der Waals surface area contributed by atoms with Gasteiger partial charge >= 0.3 is 13.7 Å². The number of halogens is 1. The highest BCUT2D eigenvalue weighted by atomic mass is 31.2. The average molecular weight is 544 g/mol. The molecule has 0 aromatic heterocycles. The number of carbonyl (C=O) groups is 3. The van der Waals surface area contributed by atoms with Crippen LogP contribution in [0.3, 0.4) is 0 Å². The van der Waals surface area contributed by atoms with Gasteiger partial charge in [0.05, 0.1) is 12.5 Å². The van der Waals surface area contributed by atoms with Gasteiger partial charge in [-0.15, -0.1) is 0 Å². The van der Waals surface area contributed by atoms with Crippen LogP contribution in [0.15, 0.2) is 42.6 Å². The van der Waals surface area contributed by atoms with Crippen LogP contribution >= 0.6 is 7.75 Å². The molecule has 0 unspecified atom stereocenters. The van der Waals surface area contributed by atoms with Gasteiger partial charge in [0.1, 0.15) is 30.1 Å². The molecule has 37 heavy (non-hydrogen) atoms. The second-order valence-corrected chi connectivity index (χ2v) is 10.9. The first-order valence-corrected chi connectivity index (χ1v) is 13.0. The van der Waals surface area contributed by atoms with Crippen LogP contribution in [0.1, 0.15) is 34.1 Å². The smallest absolute Gasteiger partial charge is 0.459 e. The lowest BCUT2D eigenvalue weighted by atomic mass is 9.94. The maximum atomic E-state index is 15.9. The lowest BCUT2D eigenvalue weighted by Crippen LogP contribution is -2.54. The van der Waals surface area contributed by atoms with E-state index in [1.165, 1.54) is 19.1 Å². The van der Waals surface area contributed by atoms with Crippen molar-refractivity contribution in [3.8, 4) is 5.75 Å². The Morgan fingerprint density at radius 3 is 2.54 bits per heavy atom. The molecule has 1 amide bonds. The normalized spacial score (nSPS) is 30.3. The summed E-state index contributed by atoms with van der Waals surface area (Å²) in [5.41, 5.74) is -2.36. The number of nitrogens with zero attached hydrogens (tertiary/aromatic N) is 1. The molecule has 14 heteroatoms. The second kappa shape index (κ2) is 11.0. The van der Waals surface area contributed by atoms with E-state index in [4.69, 9.17) is 18.5 Å². The maximum absolute atomic E-state index is 15.9. The summed E-state index contributed by atoms with van der Waals surface area (Å²) in [4.78, 5) is 36.8. The first-order valence-electron chi connectivity index (χ1n) is 11.4. The number of nitrogens with one attached hydrogen (secondary N) is 1. The zero-order valence-electron chi connectivity index (χ0n) is 20.7. The summed E-state index contributed by atoms with van der Waals surface area (Å²) in [5.74, 6) is -5.18. The van der Waals surface area contributed by atoms with Gasteiger partial charge in [0.25, 0.3) is 5.85 Å². The standard InChI is InChI=1S/C23H30FN2O10P/c1-14(2)34-19(29)15(3)25-37(32,36-17-8-6-5-7-9-17)33-13-23(24)20(30)22(4,31)21(35-23)26-11-10-16(27)12-18(26)28/h5-11,14-15,20-21,30-31H,12-13H2,1-4H3,(H,25,32)/t15-,20-,21+,22+,23+,37+/m0/s1. The average Bonchev–Trinajstić information content (AvgIpc) is 2.98. The Hall–Kier alpha value is -2.67. The molecule has 0 aliphatic carbocycles. The number of allylic oxidation sites excluding steroid dienone is 1. The van der Waals surface area contributed by atoms with Gasteiger partial charge in [0, 0.05) is 6.20 Å². The third kappa shape index (κ3) is 6.61. The van der Waals surface area contributed by atoms with E-state index in [0.29, 0.717) is 0 Å².